The van der Waals surface area contributed by atoms with Crippen LogP contribution in [-0.2, 0) is 6.42 Å². The first kappa shape index (κ1) is 15.9. The summed E-state index contributed by atoms with van der Waals surface area (Å²) < 4.78 is 1.06. The van der Waals surface area contributed by atoms with Gasteiger partial charge in [0, 0.05) is 21.3 Å². The zero-order valence-electron chi connectivity index (χ0n) is 13.2. The number of hydrogen-bond acceptors (Lipinski definition) is 2. The number of rotatable bonds is 5. The minimum absolute atomic E-state index is 0.800. The monoisotopic (exact) mass is 366 g/mol. The van der Waals surface area contributed by atoms with Gasteiger partial charge in [-0.05, 0) is 31.0 Å². The highest BCUT2D eigenvalue weighted by Crippen LogP contribution is 2.25. The number of benzene rings is 2. The van der Waals surface area contributed by atoms with Crippen molar-refractivity contribution in [1.29, 1.82) is 0 Å². The molecule has 0 spiro atoms. The van der Waals surface area contributed by atoms with E-state index in [4.69, 9.17) is 9.97 Å². The van der Waals surface area contributed by atoms with E-state index in [1.165, 1.54) is 0 Å². The van der Waals surface area contributed by atoms with Crippen LogP contribution in [-0.4, -0.2) is 9.97 Å². The summed E-state index contributed by atoms with van der Waals surface area (Å²) >= 11 is 3.54. The zero-order valence-corrected chi connectivity index (χ0v) is 14.8. The molecule has 23 heavy (non-hydrogen) atoms. The van der Waals surface area contributed by atoms with Crippen LogP contribution in [0.3, 0.4) is 0 Å². The topological polar surface area (TPSA) is 25.8 Å². The second-order valence-corrected chi connectivity index (χ2v) is 6.46. The summed E-state index contributed by atoms with van der Waals surface area (Å²) in [6.45, 7) is 2.20. The van der Waals surface area contributed by atoms with E-state index in [0.29, 0.717) is 0 Å². The van der Waals surface area contributed by atoms with Crippen molar-refractivity contribution in [3.8, 4) is 22.6 Å². The Bertz CT molecular complexity index is 785. The lowest BCUT2D eigenvalue weighted by Crippen LogP contribution is -1.98. The number of halogens is 1. The van der Waals surface area contributed by atoms with Crippen LogP contribution in [0.4, 0.5) is 0 Å². The maximum Gasteiger partial charge on any atom is 0.160 e. The van der Waals surface area contributed by atoms with Crippen molar-refractivity contribution in [2.24, 2.45) is 0 Å². The highest BCUT2D eigenvalue weighted by molar-refractivity contribution is 9.10. The van der Waals surface area contributed by atoms with Gasteiger partial charge < -0.3 is 0 Å². The van der Waals surface area contributed by atoms with Gasteiger partial charge in [0.25, 0.3) is 0 Å². The molecule has 0 N–H and O–H groups in total. The number of aryl methyl sites for hydroxylation is 1. The minimum Gasteiger partial charge on any atom is -0.233 e. The van der Waals surface area contributed by atoms with E-state index in [-0.39, 0.29) is 0 Å². The fourth-order valence-corrected chi connectivity index (χ4v) is 2.89. The molecule has 116 valence electrons. The predicted molar refractivity (Wildman–Crippen MR) is 99.2 cm³/mol. The maximum absolute atomic E-state index is 4.79. The van der Waals surface area contributed by atoms with Crippen LogP contribution >= 0.6 is 15.9 Å². The molecule has 0 aliphatic rings. The molecule has 0 bridgehead atoms. The van der Waals surface area contributed by atoms with Gasteiger partial charge in [-0.3, -0.25) is 0 Å². The Morgan fingerprint density at radius 3 is 2.39 bits per heavy atom. The van der Waals surface area contributed by atoms with Crippen LogP contribution in [0.15, 0.2) is 65.1 Å². The third kappa shape index (κ3) is 4.05. The molecular formula is C20H19BrN2. The quantitative estimate of drug-likeness (QED) is 0.560. The molecule has 0 unspecified atom stereocenters. The Morgan fingerprint density at radius 1 is 0.870 bits per heavy atom. The van der Waals surface area contributed by atoms with Crippen molar-refractivity contribution in [3.63, 3.8) is 0 Å². The first-order valence-corrected chi connectivity index (χ1v) is 8.75. The van der Waals surface area contributed by atoms with E-state index in [1.807, 2.05) is 30.3 Å². The second-order valence-electron chi connectivity index (χ2n) is 5.55. The summed E-state index contributed by atoms with van der Waals surface area (Å²) in [5.41, 5.74) is 4.25. The molecule has 1 heterocycles. The van der Waals surface area contributed by atoms with Crippen LogP contribution in [0.25, 0.3) is 22.6 Å². The second kappa shape index (κ2) is 7.51. The summed E-state index contributed by atoms with van der Waals surface area (Å²) in [5, 5.41) is 0. The fourth-order valence-electron chi connectivity index (χ4n) is 2.50. The molecule has 3 rings (SSSR count). The van der Waals surface area contributed by atoms with E-state index >= 15 is 0 Å². The summed E-state index contributed by atoms with van der Waals surface area (Å²) in [7, 11) is 0. The van der Waals surface area contributed by atoms with Crippen molar-refractivity contribution in [2.45, 2.75) is 26.2 Å². The van der Waals surface area contributed by atoms with Gasteiger partial charge in [0.05, 0.1) is 5.69 Å². The van der Waals surface area contributed by atoms with Gasteiger partial charge in [-0.1, -0.05) is 71.7 Å². The molecule has 0 radical (unpaired) electrons. The largest absolute Gasteiger partial charge is 0.233 e. The van der Waals surface area contributed by atoms with Crippen molar-refractivity contribution < 1.29 is 0 Å². The molecular weight excluding hydrogens is 348 g/mol. The van der Waals surface area contributed by atoms with Crippen LogP contribution < -0.4 is 0 Å². The summed E-state index contributed by atoms with van der Waals surface area (Å²) in [6, 6.07) is 20.5. The molecule has 2 aromatic carbocycles. The standard InChI is InChI=1S/C20H19BrN2/c1-2-3-12-18-14-19(16-10-7-11-17(21)13-16)23-20(22-18)15-8-5-4-6-9-15/h4-11,13-14H,2-3,12H2,1H3. The van der Waals surface area contributed by atoms with Gasteiger partial charge in [-0.25, -0.2) is 9.97 Å². The lowest BCUT2D eigenvalue weighted by atomic mass is 10.1. The van der Waals surface area contributed by atoms with Crippen LogP contribution in [0.5, 0.6) is 0 Å². The van der Waals surface area contributed by atoms with E-state index in [1.54, 1.807) is 0 Å². The van der Waals surface area contributed by atoms with Gasteiger partial charge in [0.2, 0.25) is 0 Å². The van der Waals surface area contributed by atoms with Crippen molar-refractivity contribution in [3.05, 3.63) is 70.8 Å². The maximum atomic E-state index is 4.79. The smallest absolute Gasteiger partial charge is 0.160 e. The normalized spacial score (nSPS) is 10.7. The average Bonchev–Trinajstić information content (AvgIpc) is 2.60. The zero-order chi connectivity index (χ0) is 16.1. The third-order valence-corrected chi connectivity index (χ3v) is 4.21. The van der Waals surface area contributed by atoms with Crippen molar-refractivity contribution >= 4 is 15.9 Å². The molecule has 3 heteroatoms. The molecule has 0 aliphatic carbocycles. The number of unbranched alkanes of at least 4 members (excludes halogenated alkanes) is 1. The highest BCUT2D eigenvalue weighted by Gasteiger charge is 2.09. The van der Waals surface area contributed by atoms with Gasteiger partial charge in [0.1, 0.15) is 0 Å². The molecule has 1 aromatic heterocycles. The average molecular weight is 367 g/mol. The van der Waals surface area contributed by atoms with Gasteiger partial charge in [-0.2, -0.15) is 0 Å². The summed E-state index contributed by atoms with van der Waals surface area (Å²) in [6.07, 6.45) is 3.29. The van der Waals surface area contributed by atoms with Gasteiger partial charge >= 0.3 is 0 Å². The lowest BCUT2D eigenvalue weighted by molar-refractivity contribution is 0.775. The van der Waals surface area contributed by atoms with E-state index < -0.39 is 0 Å². The Hall–Kier alpha value is -2.00. The first-order valence-electron chi connectivity index (χ1n) is 7.95. The van der Waals surface area contributed by atoms with E-state index in [2.05, 4.69) is 53.2 Å². The van der Waals surface area contributed by atoms with Crippen molar-refractivity contribution in [2.75, 3.05) is 0 Å². The van der Waals surface area contributed by atoms with Crippen LogP contribution in [0, 0.1) is 0 Å². The van der Waals surface area contributed by atoms with E-state index in [0.717, 1.165) is 52.1 Å². The molecule has 0 aliphatic heterocycles. The molecule has 2 nitrogen and oxygen atoms in total. The highest BCUT2D eigenvalue weighted by atomic mass is 79.9. The van der Waals surface area contributed by atoms with Crippen molar-refractivity contribution in [1.82, 2.24) is 9.97 Å². The minimum atomic E-state index is 0.800. The molecule has 0 saturated carbocycles. The number of nitrogens with zero attached hydrogens (tertiary/aromatic N) is 2. The Kier molecular flexibility index (Phi) is 5.19. The predicted octanol–water partition coefficient (Wildman–Crippen LogP) is 5.92. The van der Waals surface area contributed by atoms with Crippen LogP contribution in [0.2, 0.25) is 0 Å². The fraction of sp³-hybridized carbons (Fsp3) is 0.200. The Morgan fingerprint density at radius 2 is 1.65 bits per heavy atom. The van der Waals surface area contributed by atoms with Gasteiger partial charge in [-0.15, -0.1) is 0 Å². The third-order valence-electron chi connectivity index (χ3n) is 3.72. The Balaban J connectivity index is 2.08. The number of aromatic nitrogens is 2. The summed E-state index contributed by atoms with van der Waals surface area (Å²) in [5.74, 6) is 0.800. The molecule has 0 saturated heterocycles. The SMILES string of the molecule is CCCCc1cc(-c2cccc(Br)c2)nc(-c2ccccc2)n1. The number of hydrogen-bond donors (Lipinski definition) is 0. The van der Waals surface area contributed by atoms with Gasteiger partial charge in [0.15, 0.2) is 5.82 Å². The first-order chi connectivity index (χ1) is 11.3. The molecule has 3 aromatic rings. The molecule has 0 amide bonds. The van der Waals surface area contributed by atoms with E-state index in [9.17, 15) is 0 Å². The van der Waals surface area contributed by atoms with Crippen LogP contribution in [0.1, 0.15) is 25.5 Å². The lowest BCUT2D eigenvalue weighted by Gasteiger charge is -2.09. The molecule has 0 fully saturated rings. The molecule has 0 atom stereocenters. The summed E-state index contributed by atoms with van der Waals surface area (Å²) in [4.78, 5) is 9.56. The Labute approximate surface area is 145 Å².